The molecule has 2 aromatic rings. The van der Waals surface area contributed by atoms with E-state index in [2.05, 4.69) is 5.10 Å². The van der Waals surface area contributed by atoms with Crippen molar-refractivity contribution in [3.05, 3.63) is 53.6 Å². The van der Waals surface area contributed by atoms with Gasteiger partial charge < -0.3 is 5.73 Å². The molecule has 0 bridgehead atoms. The molecule has 2 rings (SSSR count). The molecule has 3 nitrogen and oxygen atoms in total. The number of rotatable bonds is 3. The van der Waals surface area contributed by atoms with Gasteiger partial charge in [-0.05, 0) is 24.6 Å². The summed E-state index contributed by atoms with van der Waals surface area (Å²) in [6.07, 6.45) is -2.81. The van der Waals surface area contributed by atoms with Crippen molar-refractivity contribution in [2.75, 3.05) is 0 Å². The van der Waals surface area contributed by atoms with Crippen LogP contribution in [0, 0.1) is 5.82 Å². The first kappa shape index (κ1) is 14.5. The summed E-state index contributed by atoms with van der Waals surface area (Å²) in [6.45, 7) is 1.66. The van der Waals surface area contributed by atoms with E-state index in [9.17, 15) is 17.6 Å². The zero-order valence-corrected chi connectivity index (χ0v) is 10.6. The summed E-state index contributed by atoms with van der Waals surface area (Å²) < 4.78 is 51.8. The van der Waals surface area contributed by atoms with Gasteiger partial charge in [-0.25, -0.2) is 4.39 Å². The number of hydrogen-bond donors (Lipinski definition) is 1. The predicted molar refractivity (Wildman–Crippen MR) is 65.4 cm³/mol. The maximum absolute atomic E-state index is 12.9. The molecule has 2 atom stereocenters. The van der Waals surface area contributed by atoms with Crippen molar-refractivity contribution in [2.45, 2.75) is 25.2 Å². The van der Waals surface area contributed by atoms with Gasteiger partial charge in [0.25, 0.3) is 0 Å². The Hall–Kier alpha value is -1.89. The number of alkyl halides is 3. The van der Waals surface area contributed by atoms with E-state index in [-0.39, 0.29) is 0 Å². The van der Waals surface area contributed by atoms with Crippen molar-refractivity contribution < 1.29 is 17.6 Å². The summed E-state index contributed by atoms with van der Waals surface area (Å²) in [5.74, 6) is -0.423. The highest BCUT2D eigenvalue weighted by Crippen LogP contribution is 2.30. The third-order valence-corrected chi connectivity index (χ3v) is 2.92. The van der Waals surface area contributed by atoms with Gasteiger partial charge >= 0.3 is 6.18 Å². The Morgan fingerprint density at radius 2 is 1.80 bits per heavy atom. The molecule has 0 aliphatic carbocycles. The largest absolute Gasteiger partial charge is 0.419 e. The zero-order chi connectivity index (χ0) is 14.9. The number of halogens is 4. The summed E-state index contributed by atoms with van der Waals surface area (Å²) in [5, 5.41) is 3.73. The van der Waals surface area contributed by atoms with Gasteiger partial charge in [-0.2, -0.15) is 18.3 Å². The first-order chi connectivity index (χ1) is 9.29. The minimum atomic E-state index is -4.45. The molecule has 0 aliphatic heterocycles. The molecule has 0 amide bonds. The number of nitrogens with zero attached hydrogens (tertiary/aromatic N) is 2. The second-order valence-corrected chi connectivity index (χ2v) is 4.56. The fourth-order valence-corrected chi connectivity index (χ4v) is 1.99. The van der Waals surface area contributed by atoms with Crippen LogP contribution < -0.4 is 5.73 Å². The summed E-state index contributed by atoms with van der Waals surface area (Å²) in [4.78, 5) is 0. The number of benzene rings is 1. The molecule has 0 aliphatic rings. The minimum absolute atomic E-state index is 0.423. The highest BCUT2D eigenvalue weighted by Gasteiger charge is 2.33. The van der Waals surface area contributed by atoms with E-state index < -0.39 is 29.6 Å². The fourth-order valence-electron chi connectivity index (χ4n) is 1.99. The van der Waals surface area contributed by atoms with Gasteiger partial charge in [-0.3, -0.25) is 4.68 Å². The Balaban J connectivity index is 2.39. The quantitative estimate of drug-likeness (QED) is 0.882. The highest BCUT2D eigenvalue weighted by molar-refractivity contribution is 5.23. The fraction of sp³-hybridized carbons (Fsp3) is 0.308. The van der Waals surface area contributed by atoms with Crippen molar-refractivity contribution in [1.82, 2.24) is 9.78 Å². The third kappa shape index (κ3) is 2.98. The molecule has 20 heavy (non-hydrogen) atoms. The van der Waals surface area contributed by atoms with Crippen molar-refractivity contribution in [3.8, 4) is 0 Å². The second-order valence-electron chi connectivity index (χ2n) is 4.56. The maximum atomic E-state index is 12.9. The molecule has 2 unspecified atom stereocenters. The van der Waals surface area contributed by atoms with Gasteiger partial charge in [-0.1, -0.05) is 12.1 Å². The van der Waals surface area contributed by atoms with Gasteiger partial charge in [0.2, 0.25) is 0 Å². The minimum Gasteiger partial charge on any atom is -0.326 e. The van der Waals surface area contributed by atoms with Crippen LogP contribution in [0.3, 0.4) is 0 Å². The van der Waals surface area contributed by atoms with E-state index in [1.54, 1.807) is 6.92 Å². The van der Waals surface area contributed by atoms with E-state index in [1.165, 1.54) is 24.3 Å². The molecule has 0 saturated carbocycles. The molecule has 0 saturated heterocycles. The van der Waals surface area contributed by atoms with Gasteiger partial charge in [0, 0.05) is 12.2 Å². The lowest BCUT2D eigenvalue weighted by Gasteiger charge is -2.22. The standard InChI is InChI=1S/C13H13F4N3/c1-8(18)12(9-2-4-11(14)5-3-9)20-7-10(6-19-20)13(15,16)17/h2-8,12H,18H2,1H3. The van der Waals surface area contributed by atoms with E-state index in [0.29, 0.717) is 5.56 Å². The number of aromatic nitrogens is 2. The van der Waals surface area contributed by atoms with E-state index in [0.717, 1.165) is 17.1 Å². The molecular formula is C13H13F4N3. The van der Waals surface area contributed by atoms with Crippen molar-refractivity contribution in [3.63, 3.8) is 0 Å². The molecule has 7 heteroatoms. The summed E-state index contributed by atoms with van der Waals surface area (Å²) in [5.41, 5.74) is 5.57. The Morgan fingerprint density at radius 1 is 1.20 bits per heavy atom. The van der Waals surface area contributed by atoms with Gasteiger partial charge in [0.05, 0.1) is 17.8 Å². The van der Waals surface area contributed by atoms with Crippen molar-refractivity contribution >= 4 is 0 Å². The molecular weight excluding hydrogens is 274 g/mol. The number of nitrogens with two attached hydrogens (primary N) is 1. The lowest BCUT2D eigenvalue weighted by molar-refractivity contribution is -0.137. The lowest BCUT2D eigenvalue weighted by Crippen LogP contribution is -2.30. The normalized spacial score (nSPS) is 15.1. The van der Waals surface area contributed by atoms with E-state index in [1.807, 2.05) is 0 Å². The topological polar surface area (TPSA) is 43.8 Å². The molecule has 2 N–H and O–H groups in total. The van der Waals surface area contributed by atoms with Gasteiger partial charge in [0.15, 0.2) is 0 Å². The zero-order valence-electron chi connectivity index (χ0n) is 10.6. The summed E-state index contributed by atoms with van der Waals surface area (Å²) in [6, 6.07) is 4.36. The van der Waals surface area contributed by atoms with Crippen LogP contribution in [0.5, 0.6) is 0 Å². The molecule has 1 aromatic heterocycles. The average Bonchev–Trinajstić information content (AvgIpc) is 2.80. The van der Waals surface area contributed by atoms with Crippen LogP contribution in [-0.4, -0.2) is 15.8 Å². The van der Waals surface area contributed by atoms with Crippen LogP contribution in [0.1, 0.15) is 24.1 Å². The SMILES string of the molecule is CC(N)C(c1ccc(F)cc1)n1cc(C(F)(F)F)cn1. The summed E-state index contributed by atoms with van der Waals surface area (Å²) >= 11 is 0. The highest BCUT2D eigenvalue weighted by atomic mass is 19.4. The van der Waals surface area contributed by atoms with Crippen LogP contribution in [-0.2, 0) is 6.18 Å². The van der Waals surface area contributed by atoms with Crippen molar-refractivity contribution in [2.24, 2.45) is 5.73 Å². The van der Waals surface area contributed by atoms with Crippen LogP contribution in [0.4, 0.5) is 17.6 Å². The van der Waals surface area contributed by atoms with Crippen molar-refractivity contribution in [1.29, 1.82) is 0 Å². The van der Waals surface area contributed by atoms with E-state index >= 15 is 0 Å². The predicted octanol–water partition coefficient (Wildman–Crippen LogP) is 2.98. The Bertz CT molecular complexity index is 572. The lowest BCUT2D eigenvalue weighted by atomic mass is 10.0. The average molecular weight is 287 g/mol. The van der Waals surface area contributed by atoms with Crippen LogP contribution in [0.15, 0.2) is 36.7 Å². The van der Waals surface area contributed by atoms with Gasteiger partial charge in [0.1, 0.15) is 5.82 Å². The first-order valence-corrected chi connectivity index (χ1v) is 5.91. The Kier molecular flexibility index (Phi) is 3.80. The molecule has 0 spiro atoms. The van der Waals surface area contributed by atoms with Crippen LogP contribution >= 0.6 is 0 Å². The third-order valence-electron chi connectivity index (χ3n) is 2.92. The van der Waals surface area contributed by atoms with Crippen LogP contribution in [0.2, 0.25) is 0 Å². The molecule has 0 radical (unpaired) electrons. The summed E-state index contributed by atoms with van der Waals surface area (Å²) in [7, 11) is 0. The molecule has 0 fully saturated rings. The number of hydrogen-bond acceptors (Lipinski definition) is 2. The van der Waals surface area contributed by atoms with Crippen LogP contribution in [0.25, 0.3) is 0 Å². The molecule has 1 heterocycles. The maximum Gasteiger partial charge on any atom is 0.419 e. The Morgan fingerprint density at radius 3 is 2.25 bits per heavy atom. The smallest absolute Gasteiger partial charge is 0.326 e. The monoisotopic (exact) mass is 287 g/mol. The van der Waals surface area contributed by atoms with E-state index in [4.69, 9.17) is 5.73 Å². The molecule has 1 aromatic carbocycles. The Labute approximate surface area is 113 Å². The second kappa shape index (κ2) is 5.24. The van der Waals surface area contributed by atoms with Gasteiger partial charge in [-0.15, -0.1) is 0 Å². The first-order valence-electron chi connectivity index (χ1n) is 5.91. The molecule has 108 valence electrons.